The molecule has 0 atom stereocenters. The molecule has 7 nitrogen and oxygen atoms in total. The Hall–Kier alpha value is -2.67. The molecule has 7 heteroatoms. The Labute approximate surface area is 139 Å². The first-order valence-corrected chi connectivity index (χ1v) is 7.83. The molecule has 0 fully saturated rings. The van der Waals surface area contributed by atoms with E-state index in [1.165, 1.54) is 0 Å². The van der Waals surface area contributed by atoms with E-state index in [9.17, 15) is 9.59 Å². The highest BCUT2D eigenvalue weighted by Gasteiger charge is 2.22. The maximum absolute atomic E-state index is 12.5. The number of hydrogen-bond donors (Lipinski definition) is 2. The fourth-order valence-corrected chi connectivity index (χ4v) is 3.03. The number of aromatic nitrogens is 2. The molecule has 0 radical (unpaired) electrons. The van der Waals surface area contributed by atoms with Crippen LogP contribution in [0.25, 0.3) is 0 Å². The number of aryl methyl sites for hydroxylation is 2. The van der Waals surface area contributed by atoms with Crippen molar-refractivity contribution >= 4 is 11.8 Å². The summed E-state index contributed by atoms with van der Waals surface area (Å²) < 4.78 is 1.72. The second-order valence-corrected chi connectivity index (χ2v) is 6.07. The molecule has 0 saturated carbocycles. The van der Waals surface area contributed by atoms with Crippen LogP contribution in [-0.2, 0) is 24.3 Å². The Kier molecular flexibility index (Phi) is 4.35. The molecule has 1 aromatic heterocycles. The number of rotatable bonds is 3. The van der Waals surface area contributed by atoms with E-state index in [0.29, 0.717) is 25.1 Å². The lowest BCUT2D eigenvalue weighted by atomic mass is 9.97. The van der Waals surface area contributed by atoms with Crippen molar-refractivity contribution in [1.82, 2.24) is 20.2 Å². The lowest BCUT2D eigenvalue weighted by Gasteiger charge is -2.29. The van der Waals surface area contributed by atoms with Gasteiger partial charge >= 0.3 is 0 Å². The number of amides is 2. The van der Waals surface area contributed by atoms with Crippen molar-refractivity contribution < 1.29 is 14.8 Å². The molecule has 0 unspecified atom stereocenters. The van der Waals surface area contributed by atoms with Gasteiger partial charge in [-0.25, -0.2) is 5.48 Å². The zero-order valence-electron chi connectivity index (χ0n) is 13.7. The van der Waals surface area contributed by atoms with Gasteiger partial charge in [-0.1, -0.05) is 6.07 Å². The Balaban J connectivity index is 1.71. The first-order valence-electron chi connectivity index (χ1n) is 7.83. The van der Waals surface area contributed by atoms with Gasteiger partial charge in [0.15, 0.2) is 0 Å². The number of nitrogens with one attached hydrogen (secondary N) is 1. The van der Waals surface area contributed by atoms with E-state index >= 15 is 0 Å². The average molecular weight is 328 g/mol. The summed E-state index contributed by atoms with van der Waals surface area (Å²) in [7, 11) is 0. The van der Waals surface area contributed by atoms with Crippen LogP contribution in [0.2, 0.25) is 0 Å². The van der Waals surface area contributed by atoms with Gasteiger partial charge in [0.25, 0.3) is 5.91 Å². The van der Waals surface area contributed by atoms with Crippen LogP contribution in [0.5, 0.6) is 0 Å². The minimum Gasteiger partial charge on any atom is -0.336 e. The Morgan fingerprint density at radius 1 is 1.25 bits per heavy atom. The van der Waals surface area contributed by atoms with Crippen LogP contribution in [0.4, 0.5) is 0 Å². The minimum atomic E-state index is -0.527. The molecule has 24 heavy (non-hydrogen) atoms. The Bertz CT molecular complexity index is 797. The average Bonchev–Trinajstić information content (AvgIpc) is 2.90. The summed E-state index contributed by atoms with van der Waals surface area (Å²) in [5, 5.41) is 13.0. The second kappa shape index (κ2) is 6.45. The summed E-state index contributed by atoms with van der Waals surface area (Å²) in [5.74, 6) is -0.495. The van der Waals surface area contributed by atoms with Gasteiger partial charge in [0.1, 0.15) is 6.54 Å². The highest BCUT2D eigenvalue weighted by Crippen LogP contribution is 2.21. The Morgan fingerprint density at radius 2 is 2.04 bits per heavy atom. The highest BCUT2D eigenvalue weighted by atomic mass is 16.5. The normalized spacial score (nSPS) is 13.5. The van der Waals surface area contributed by atoms with E-state index in [2.05, 4.69) is 5.10 Å². The molecular weight excluding hydrogens is 308 g/mol. The van der Waals surface area contributed by atoms with Gasteiger partial charge in [0.2, 0.25) is 5.91 Å². The predicted molar refractivity (Wildman–Crippen MR) is 86.5 cm³/mol. The van der Waals surface area contributed by atoms with Crippen molar-refractivity contribution in [2.75, 3.05) is 6.54 Å². The molecule has 1 aliphatic rings. The number of nitrogens with zero attached hydrogens (tertiary/aromatic N) is 3. The summed E-state index contributed by atoms with van der Waals surface area (Å²) in [6, 6.07) is 7.21. The molecule has 3 rings (SSSR count). The van der Waals surface area contributed by atoms with Gasteiger partial charge in [-0.2, -0.15) is 5.10 Å². The van der Waals surface area contributed by atoms with Crippen LogP contribution < -0.4 is 5.48 Å². The molecule has 1 aromatic carbocycles. The number of hydrogen-bond acceptors (Lipinski definition) is 4. The summed E-state index contributed by atoms with van der Waals surface area (Å²) in [5.41, 5.74) is 5.98. The van der Waals surface area contributed by atoms with Gasteiger partial charge in [-0.3, -0.25) is 19.5 Å². The Morgan fingerprint density at radius 3 is 2.71 bits per heavy atom. The van der Waals surface area contributed by atoms with Crippen molar-refractivity contribution in [3.05, 3.63) is 52.3 Å². The molecule has 2 aromatic rings. The maximum Gasteiger partial charge on any atom is 0.274 e. The van der Waals surface area contributed by atoms with Crippen LogP contribution in [-0.4, -0.2) is 38.2 Å². The summed E-state index contributed by atoms with van der Waals surface area (Å²) in [6.45, 7) is 5.21. The van der Waals surface area contributed by atoms with E-state index < -0.39 is 5.91 Å². The van der Waals surface area contributed by atoms with Crippen LogP contribution in [0.15, 0.2) is 24.3 Å². The largest absolute Gasteiger partial charge is 0.336 e. The quantitative estimate of drug-likeness (QED) is 0.655. The van der Waals surface area contributed by atoms with E-state index in [1.807, 2.05) is 30.9 Å². The van der Waals surface area contributed by atoms with Gasteiger partial charge in [-0.15, -0.1) is 0 Å². The SMILES string of the molecule is Cc1cc(C)n(CC(=O)N2CCc3cc(C(=O)NO)ccc3C2)n1. The number of carbonyl (C=O) groups is 2. The maximum atomic E-state index is 12.5. The third kappa shape index (κ3) is 3.16. The number of fused-ring (bicyclic) bond motifs is 1. The summed E-state index contributed by atoms with van der Waals surface area (Å²) in [6.07, 6.45) is 0.685. The third-order valence-electron chi connectivity index (χ3n) is 4.32. The summed E-state index contributed by atoms with van der Waals surface area (Å²) in [4.78, 5) is 25.8. The zero-order valence-corrected chi connectivity index (χ0v) is 13.7. The third-order valence-corrected chi connectivity index (χ3v) is 4.32. The number of benzene rings is 1. The van der Waals surface area contributed by atoms with Crippen molar-refractivity contribution in [3.8, 4) is 0 Å². The molecule has 126 valence electrons. The lowest BCUT2D eigenvalue weighted by molar-refractivity contribution is -0.133. The standard InChI is InChI=1S/C17H20N4O3/c1-11-7-12(2)21(18-11)10-16(22)20-6-5-13-8-14(17(23)19-24)3-4-15(13)9-20/h3-4,7-8,24H,5-6,9-10H2,1-2H3,(H,19,23). The molecule has 0 saturated heterocycles. The molecular formula is C17H20N4O3. The van der Waals surface area contributed by atoms with Gasteiger partial charge in [0, 0.05) is 24.3 Å². The van der Waals surface area contributed by atoms with Crippen molar-refractivity contribution in [3.63, 3.8) is 0 Å². The van der Waals surface area contributed by atoms with Crippen LogP contribution in [0.1, 0.15) is 32.9 Å². The van der Waals surface area contributed by atoms with Crippen LogP contribution in [0, 0.1) is 13.8 Å². The van der Waals surface area contributed by atoms with Crippen LogP contribution >= 0.6 is 0 Å². The minimum absolute atomic E-state index is 0.0315. The number of hydroxylamine groups is 1. The molecule has 0 spiro atoms. The van der Waals surface area contributed by atoms with E-state index in [4.69, 9.17) is 5.21 Å². The van der Waals surface area contributed by atoms with Crippen molar-refractivity contribution in [1.29, 1.82) is 0 Å². The fourth-order valence-electron chi connectivity index (χ4n) is 3.03. The van der Waals surface area contributed by atoms with Crippen molar-refractivity contribution in [2.45, 2.75) is 33.4 Å². The summed E-state index contributed by atoms with van der Waals surface area (Å²) >= 11 is 0. The molecule has 2 amide bonds. The van der Waals surface area contributed by atoms with E-state index in [0.717, 1.165) is 22.5 Å². The lowest BCUT2D eigenvalue weighted by Crippen LogP contribution is -2.38. The zero-order chi connectivity index (χ0) is 17.3. The first-order chi connectivity index (χ1) is 11.5. The first kappa shape index (κ1) is 16.2. The second-order valence-electron chi connectivity index (χ2n) is 6.07. The topological polar surface area (TPSA) is 87.5 Å². The smallest absolute Gasteiger partial charge is 0.274 e. The fraction of sp³-hybridized carbons (Fsp3) is 0.353. The van der Waals surface area contributed by atoms with Gasteiger partial charge < -0.3 is 4.90 Å². The molecule has 0 bridgehead atoms. The monoisotopic (exact) mass is 328 g/mol. The predicted octanol–water partition coefficient (Wildman–Crippen LogP) is 1.20. The molecule has 2 heterocycles. The van der Waals surface area contributed by atoms with Gasteiger partial charge in [-0.05, 0) is 49.6 Å². The van der Waals surface area contributed by atoms with E-state index in [-0.39, 0.29) is 12.5 Å². The number of carbonyl (C=O) groups excluding carboxylic acids is 2. The molecule has 0 aliphatic carbocycles. The van der Waals surface area contributed by atoms with E-state index in [1.54, 1.807) is 22.3 Å². The van der Waals surface area contributed by atoms with Crippen LogP contribution in [0.3, 0.4) is 0 Å². The molecule has 2 N–H and O–H groups in total. The highest BCUT2D eigenvalue weighted by molar-refractivity contribution is 5.93. The molecule has 1 aliphatic heterocycles. The van der Waals surface area contributed by atoms with Crippen molar-refractivity contribution in [2.24, 2.45) is 0 Å². The van der Waals surface area contributed by atoms with Gasteiger partial charge in [0.05, 0.1) is 5.69 Å².